The molecule has 2 saturated carbocycles. The highest BCUT2D eigenvalue weighted by Gasteiger charge is 2.58. The summed E-state index contributed by atoms with van der Waals surface area (Å²) < 4.78 is 0. The molecule has 0 aromatic rings. The smallest absolute Gasteiger partial charge is 0.155 e. The van der Waals surface area contributed by atoms with Crippen molar-refractivity contribution in [3.63, 3.8) is 0 Å². The molecule has 0 radical (unpaired) electrons. The Morgan fingerprint density at radius 1 is 1.22 bits per heavy atom. The molecule has 4 atom stereocenters. The van der Waals surface area contributed by atoms with Gasteiger partial charge in [-0.1, -0.05) is 29.6 Å². The molecule has 1 N–H and O–H groups in total. The predicted molar refractivity (Wildman–Crippen MR) is 90.5 cm³/mol. The van der Waals surface area contributed by atoms with Crippen molar-refractivity contribution in [2.24, 2.45) is 17.3 Å². The fourth-order valence-electron chi connectivity index (χ4n) is 6.20. The van der Waals surface area contributed by atoms with E-state index < -0.39 is 5.60 Å². The molecule has 0 bridgehead atoms. The molecular formula is C21H26O2. The van der Waals surface area contributed by atoms with Gasteiger partial charge < -0.3 is 5.11 Å². The number of ketones is 1. The van der Waals surface area contributed by atoms with Crippen LogP contribution in [0, 0.1) is 29.6 Å². The van der Waals surface area contributed by atoms with Crippen molar-refractivity contribution in [3.05, 3.63) is 22.8 Å². The summed E-state index contributed by atoms with van der Waals surface area (Å²) in [7, 11) is 0. The fraction of sp³-hybridized carbons (Fsp3) is 0.667. The van der Waals surface area contributed by atoms with Crippen LogP contribution in [0.5, 0.6) is 0 Å². The van der Waals surface area contributed by atoms with Gasteiger partial charge in [-0.2, -0.15) is 0 Å². The number of rotatable bonds is 1. The largest absolute Gasteiger partial charge is 0.377 e. The summed E-state index contributed by atoms with van der Waals surface area (Å²) >= 11 is 0. The van der Waals surface area contributed by atoms with Crippen LogP contribution in [0.2, 0.25) is 0 Å². The molecule has 2 nitrogen and oxygen atoms in total. The summed E-state index contributed by atoms with van der Waals surface area (Å²) in [6, 6.07) is 0. The second-order valence-corrected chi connectivity index (χ2v) is 7.92. The Kier molecular flexibility index (Phi) is 3.36. The van der Waals surface area contributed by atoms with Gasteiger partial charge in [0.25, 0.3) is 0 Å². The molecular weight excluding hydrogens is 284 g/mol. The Hall–Kier alpha value is -1.33. The van der Waals surface area contributed by atoms with Gasteiger partial charge in [0.2, 0.25) is 0 Å². The van der Waals surface area contributed by atoms with Crippen LogP contribution in [0.15, 0.2) is 22.8 Å². The van der Waals surface area contributed by atoms with Crippen molar-refractivity contribution in [2.75, 3.05) is 0 Å². The summed E-state index contributed by atoms with van der Waals surface area (Å²) in [5, 5.41) is 11.1. The monoisotopic (exact) mass is 310 g/mol. The zero-order chi connectivity index (χ0) is 16.2. The number of aliphatic hydroxyl groups is 1. The summed E-state index contributed by atoms with van der Waals surface area (Å²) in [5.74, 6) is 4.23. The summed E-state index contributed by atoms with van der Waals surface area (Å²) in [6.45, 7) is 2.18. The molecule has 0 unspecified atom stereocenters. The highest BCUT2D eigenvalue weighted by molar-refractivity contribution is 5.91. The van der Waals surface area contributed by atoms with E-state index in [2.05, 4.69) is 12.8 Å². The maximum Gasteiger partial charge on any atom is 0.155 e. The van der Waals surface area contributed by atoms with Gasteiger partial charge in [0.1, 0.15) is 5.60 Å². The third-order valence-electron chi connectivity index (χ3n) is 7.36. The van der Waals surface area contributed by atoms with Crippen molar-refractivity contribution >= 4 is 5.78 Å². The predicted octanol–water partition coefficient (Wildman–Crippen LogP) is 3.95. The zero-order valence-electron chi connectivity index (χ0n) is 14.0. The number of hydrogen-bond donors (Lipinski definition) is 1. The lowest BCUT2D eigenvalue weighted by Crippen LogP contribution is -2.47. The Morgan fingerprint density at radius 3 is 2.78 bits per heavy atom. The van der Waals surface area contributed by atoms with Crippen LogP contribution < -0.4 is 0 Å². The molecule has 0 heterocycles. The van der Waals surface area contributed by atoms with E-state index in [1.54, 1.807) is 5.57 Å². The molecule has 0 aromatic heterocycles. The van der Waals surface area contributed by atoms with Gasteiger partial charge in [0.05, 0.1) is 0 Å². The Labute approximate surface area is 139 Å². The number of carbonyl (C=O) groups excluding carboxylic acids is 1. The summed E-state index contributed by atoms with van der Waals surface area (Å²) in [5.41, 5.74) is 3.35. The second kappa shape index (κ2) is 5.08. The van der Waals surface area contributed by atoms with Crippen LogP contribution >= 0.6 is 0 Å². The number of allylic oxidation sites excluding steroid dienone is 3. The van der Waals surface area contributed by atoms with Crippen LogP contribution in [-0.4, -0.2) is 16.5 Å². The lowest BCUT2D eigenvalue weighted by Gasteiger charge is -2.49. The average Bonchev–Trinajstić information content (AvgIpc) is 2.88. The van der Waals surface area contributed by atoms with E-state index in [0.29, 0.717) is 24.0 Å². The third-order valence-corrected chi connectivity index (χ3v) is 7.36. The highest BCUT2D eigenvalue weighted by atomic mass is 16.3. The first kappa shape index (κ1) is 15.2. The quantitative estimate of drug-likeness (QED) is 0.588. The van der Waals surface area contributed by atoms with Gasteiger partial charge in [-0.25, -0.2) is 0 Å². The van der Waals surface area contributed by atoms with Crippen molar-refractivity contribution in [1.29, 1.82) is 0 Å². The molecule has 0 amide bonds. The minimum atomic E-state index is -0.951. The van der Waals surface area contributed by atoms with Crippen LogP contribution in [0.3, 0.4) is 0 Å². The van der Waals surface area contributed by atoms with E-state index in [-0.39, 0.29) is 5.41 Å². The van der Waals surface area contributed by atoms with Crippen molar-refractivity contribution in [1.82, 2.24) is 0 Å². The molecule has 0 aliphatic heterocycles. The molecule has 0 saturated heterocycles. The number of fused-ring (bicyclic) bond motifs is 4. The standard InChI is InChI=1S/C21H26O2/c1-3-20-11-9-17-16-8-6-15(22)13-14(16)5-7-18(17)19(20)10-12-21(20,23)4-2/h2,13,16-17,23H,3,5-12H2,1H3/t16-,17+,20-,21-/m0/s1. The first-order valence-corrected chi connectivity index (χ1v) is 9.20. The lowest BCUT2D eigenvalue weighted by atomic mass is 9.56. The van der Waals surface area contributed by atoms with Crippen molar-refractivity contribution in [3.8, 4) is 12.3 Å². The average molecular weight is 310 g/mol. The summed E-state index contributed by atoms with van der Waals surface area (Å²) in [6.07, 6.45) is 16.3. The van der Waals surface area contributed by atoms with E-state index in [1.165, 1.54) is 11.1 Å². The Balaban J connectivity index is 1.78. The van der Waals surface area contributed by atoms with Gasteiger partial charge in [0, 0.05) is 11.8 Å². The molecule has 4 aliphatic carbocycles. The third kappa shape index (κ3) is 1.89. The van der Waals surface area contributed by atoms with Crippen LogP contribution in [-0.2, 0) is 4.79 Å². The normalized spacial score (nSPS) is 42.5. The fourth-order valence-corrected chi connectivity index (χ4v) is 6.20. The highest BCUT2D eigenvalue weighted by Crippen LogP contribution is 2.63. The summed E-state index contributed by atoms with van der Waals surface area (Å²) in [4.78, 5) is 11.7. The van der Waals surface area contributed by atoms with Crippen LogP contribution in [0.1, 0.15) is 64.7 Å². The van der Waals surface area contributed by atoms with Gasteiger partial charge >= 0.3 is 0 Å². The van der Waals surface area contributed by atoms with Crippen molar-refractivity contribution in [2.45, 2.75) is 70.3 Å². The molecule has 0 aromatic carbocycles. The maximum atomic E-state index is 11.7. The molecule has 4 rings (SSSR count). The molecule has 2 fully saturated rings. The molecule has 2 heteroatoms. The second-order valence-electron chi connectivity index (χ2n) is 7.92. The first-order valence-electron chi connectivity index (χ1n) is 9.20. The van der Waals surface area contributed by atoms with E-state index >= 15 is 0 Å². The Morgan fingerprint density at radius 2 is 2.04 bits per heavy atom. The van der Waals surface area contributed by atoms with Gasteiger partial charge in [0.15, 0.2) is 5.78 Å². The van der Waals surface area contributed by atoms with Gasteiger partial charge in [-0.05, 0) is 69.3 Å². The van der Waals surface area contributed by atoms with Crippen LogP contribution in [0.25, 0.3) is 0 Å². The topological polar surface area (TPSA) is 37.3 Å². The minimum Gasteiger partial charge on any atom is -0.377 e. The zero-order valence-corrected chi connectivity index (χ0v) is 14.0. The van der Waals surface area contributed by atoms with E-state index in [1.807, 2.05) is 6.08 Å². The SMILES string of the molecule is C#C[C@]1(O)CCC2=C3CCC4=CC(=O)CC[C@@H]4[C@H]3CC[C@@]21CC. The van der Waals surface area contributed by atoms with Gasteiger partial charge in [-0.3, -0.25) is 4.79 Å². The Bertz CT molecular complexity index is 662. The lowest BCUT2D eigenvalue weighted by molar-refractivity contribution is -0.115. The van der Waals surface area contributed by atoms with E-state index in [4.69, 9.17) is 6.42 Å². The van der Waals surface area contributed by atoms with Crippen LogP contribution in [0.4, 0.5) is 0 Å². The molecule has 23 heavy (non-hydrogen) atoms. The maximum absolute atomic E-state index is 11.7. The minimum absolute atomic E-state index is 0.181. The van der Waals surface area contributed by atoms with Crippen molar-refractivity contribution < 1.29 is 9.90 Å². The van der Waals surface area contributed by atoms with E-state index in [9.17, 15) is 9.90 Å². The number of hydrogen-bond acceptors (Lipinski definition) is 2. The first-order chi connectivity index (χ1) is 11.0. The number of terminal acetylenes is 1. The molecule has 0 spiro atoms. The number of carbonyl (C=O) groups is 1. The molecule has 4 aliphatic rings. The van der Waals surface area contributed by atoms with Gasteiger partial charge in [-0.15, -0.1) is 6.42 Å². The van der Waals surface area contributed by atoms with E-state index in [0.717, 1.165) is 51.4 Å². The molecule has 122 valence electrons.